The molecule has 0 bridgehead atoms. The van der Waals surface area contributed by atoms with Crippen molar-refractivity contribution in [1.82, 2.24) is 9.97 Å². The molecule has 1 aromatic heterocycles. The standard InChI is InChI=1S/C18H18N4O4S/c1-2-19-17-18(21-14-6-4-3-5-13(14)20-17)22-27(23,24)12-7-8-15-16(11-12)26-10-9-25-15/h3-8,11H,2,9-10H2,1H3,(H,19,20)(H,21,22). The van der Waals surface area contributed by atoms with Gasteiger partial charge in [0.05, 0.1) is 15.9 Å². The van der Waals surface area contributed by atoms with E-state index in [1.807, 2.05) is 25.1 Å². The lowest BCUT2D eigenvalue weighted by Crippen LogP contribution is -2.18. The summed E-state index contributed by atoms with van der Waals surface area (Å²) in [7, 11) is -3.88. The van der Waals surface area contributed by atoms with Gasteiger partial charge in [0, 0.05) is 12.6 Å². The highest BCUT2D eigenvalue weighted by molar-refractivity contribution is 7.92. The van der Waals surface area contributed by atoms with Crippen LogP contribution in [-0.2, 0) is 10.0 Å². The van der Waals surface area contributed by atoms with Crippen molar-refractivity contribution < 1.29 is 17.9 Å². The first kappa shape index (κ1) is 17.3. The summed E-state index contributed by atoms with van der Waals surface area (Å²) in [6.45, 7) is 3.29. The SMILES string of the molecule is CCNc1nc2ccccc2nc1NS(=O)(=O)c1ccc2c(c1)OCCO2. The molecule has 1 aliphatic rings. The lowest BCUT2D eigenvalue weighted by molar-refractivity contribution is 0.171. The van der Waals surface area contributed by atoms with E-state index in [1.54, 1.807) is 12.1 Å². The van der Waals surface area contributed by atoms with Crippen LogP contribution in [0.15, 0.2) is 47.4 Å². The van der Waals surface area contributed by atoms with Crippen molar-refractivity contribution in [1.29, 1.82) is 0 Å². The second-order valence-electron chi connectivity index (χ2n) is 5.85. The van der Waals surface area contributed by atoms with Crippen LogP contribution in [0.5, 0.6) is 11.5 Å². The number of nitrogens with zero attached hydrogens (tertiary/aromatic N) is 2. The Morgan fingerprint density at radius 3 is 2.33 bits per heavy atom. The summed E-state index contributed by atoms with van der Waals surface area (Å²) < 4.78 is 39.2. The zero-order valence-electron chi connectivity index (χ0n) is 14.6. The summed E-state index contributed by atoms with van der Waals surface area (Å²) in [6.07, 6.45) is 0. The van der Waals surface area contributed by atoms with Gasteiger partial charge in [0.25, 0.3) is 10.0 Å². The number of rotatable bonds is 5. The number of nitrogens with one attached hydrogen (secondary N) is 2. The molecule has 9 heteroatoms. The molecule has 27 heavy (non-hydrogen) atoms. The molecule has 8 nitrogen and oxygen atoms in total. The van der Waals surface area contributed by atoms with E-state index < -0.39 is 10.0 Å². The van der Waals surface area contributed by atoms with E-state index >= 15 is 0 Å². The van der Waals surface area contributed by atoms with E-state index in [9.17, 15) is 8.42 Å². The molecule has 2 aromatic carbocycles. The van der Waals surface area contributed by atoms with Gasteiger partial charge in [0.2, 0.25) is 0 Å². The molecular formula is C18H18N4O4S. The molecule has 0 radical (unpaired) electrons. The smallest absolute Gasteiger partial charge is 0.263 e. The summed E-state index contributed by atoms with van der Waals surface area (Å²) in [5.74, 6) is 1.45. The van der Waals surface area contributed by atoms with E-state index in [1.165, 1.54) is 12.1 Å². The average molecular weight is 386 g/mol. The highest BCUT2D eigenvalue weighted by atomic mass is 32.2. The number of anilines is 2. The minimum absolute atomic E-state index is 0.0594. The zero-order chi connectivity index (χ0) is 18.9. The number of hydrogen-bond donors (Lipinski definition) is 2. The maximum Gasteiger partial charge on any atom is 0.263 e. The van der Waals surface area contributed by atoms with Gasteiger partial charge in [-0.05, 0) is 31.2 Å². The Labute approximate surface area is 156 Å². The second kappa shape index (κ2) is 6.92. The van der Waals surface area contributed by atoms with E-state index in [-0.39, 0.29) is 10.7 Å². The summed E-state index contributed by atoms with van der Waals surface area (Å²) in [6, 6.07) is 11.8. The number of hydrogen-bond acceptors (Lipinski definition) is 7. The van der Waals surface area contributed by atoms with Gasteiger partial charge in [0.1, 0.15) is 13.2 Å². The predicted octanol–water partition coefficient (Wildman–Crippen LogP) is 2.63. The topological polar surface area (TPSA) is 102 Å². The Bertz CT molecular complexity index is 1100. The average Bonchev–Trinajstić information content (AvgIpc) is 2.68. The normalized spacial score (nSPS) is 13.4. The van der Waals surface area contributed by atoms with E-state index in [4.69, 9.17) is 9.47 Å². The lowest BCUT2D eigenvalue weighted by Gasteiger charge is -2.19. The van der Waals surface area contributed by atoms with Gasteiger partial charge in [-0.3, -0.25) is 4.72 Å². The van der Waals surface area contributed by atoms with Crippen molar-refractivity contribution in [2.45, 2.75) is 11.8 Å². The third-order valence-corrected chi connectivity index (χ3v) is 5.31. The molecule has 0 unspecified atom stereocenters. The van der Waals surface area contributed by atoms with Crippen molar-refractivity contribution in [3.8, 4) is 11.5 Å². The number of sulfonamides is 1. The van der Waals surface area contributed by atoms with Crippen LogP contribution in [0.2, 0.25) is 0 Å². The Morgan fingerprint density at radius 2 is 1.63 bits per heavy atom. The molecule has 0 saturated heterocycles. The second-order valence-corrected chi connectivity index (χ2v) is 7.53. The van der Waals surface area contributed by atoms with Crippen molar-refractivity contribution in [3.05, 3.63) is 42.5 Å². The van der Waals surface area contributed by atoms with Gasteiger partial charge in [-0.25, -0.2) is 18.4 Å². The van der Waals surface area contributed by atoms with Gasteiger partial charge < -0.3 is 14.8 Å². The number of ether oxygens (including phenoxy) is 2. The van der Waals surface area contributed by atoms with E-state index in [2.05, 4.69) is 20.0 Å². The van der Waals surface area contributed by atoms with Crippen molar-refractivity contribution >= 4 is 32.7 Å². The Morgan fingerprint density at radius 1 is 0.963 bits per heavy atom. The van der Waals surface area contributed by atoms with Crippen LogP contribution in [0.4, 0.5) is 11.6 Å². The van der Waals surface area contributed by atoms with Crippen LogP contribution in [0, 0.1) is 0 Å². The largest absolute Gasteiger partial charge is 0.486 e. The highest BCUT2D eigenvalue weighted by Gasteiger charge is 2.22. The fraction of sp³-hybridized carbons (Fsp3) is 0.222. The Balaban J connectivity index is 1.72. The molecule has 3 aromatic rings. The summed E-state index contributed by atoms with van der Waals surface area (Å²) in [5, 5.41) is 3.05. The summed E-state index contributed by atoms with van der Waals surface area (Å²) in [5.41, 5.74) is 1.27. The van der Waals surface area contributed by atoms with Crippen LogP contribution in [0.3, 0.4) is 0 Å². The first-order chi connectivity index (χ1) is 13.1. The fourth-order valence-corrected chi connectivity index (χ4v) is 3.76. The first-order valence-corrected chi connectivity index (χ1v) is 9.98. The molecule has 0 saturated carbocycles. The zero-order valence-corrected chi connectivity index (χ0v) is 15.4. The number of aromatic nitrogens is 2. The number of fused-ring (bicyclic) bond motifs is 2. The van der Waals surface area contributed by atoms with Crippen LogP contribution in [0.1, 0.15) is 6.92 Å². The van der Waals surface area contributed by atoms with Crippen molar-refractivity contribution in [3.63, 3.8) is 0 Å². The third kappa shape index (κ3) is 3.45. The fourth-order valence-electron chi connectivity index (χ4n) is 2.74. The molecule has 140 valence electrons. The minimum Gasteiger partial charge on any atom is -0.486 e. The summed E-state index contributed by atoms with van der Waals surface area (Å²) in [4.78, 5) is 8.95. The molecular weight excluding hydrogens is 368 g/mol. The minimum atomic E-state index is -3.88. The first-order valence-electron chi connectivity index (χ1n) is 8.50. The lowest BCUT2D eigenvalue weighted by atomic mass is 10.3. The van der Waals surface area contributed by atoms with E-state index in [0.29, 0.717) is 48.1 Å². The monoisotopic (exact) mass is 386 g/mol. The molecule has 0 atom stereocenters. The van der Waals surface area contributed by atoms with Gasteiger partial charge in [-0.1, -0.05) is 12.1 Å². The van der Waals surface area contributed by atoms with Gasteiger partial charge >= 0.3 is 0 Å². The summed E-state index contributed by atoms with van der Waals surface area (Å²) >= 11 is 0. The number of benzene rings is 2. The highest BCUT2D eigenvalue weighted by Crippen LogP contribution is 2.33. The molecule has 1 aliphatic heterocycles. The van der Waals surface area contributed by atoms with Gasteiger partial charge in [0.15, 0.2) is 23.1 Å². The number of para-hydroxylation sites is 2. The van der Waals surface area contributed by atoms with Gasteiger partial charge in [-0.15, -0.1) is 0 Å². The molecule has 2 heterocycles. The predicted molar refractivity (Wildman–Crippen MR) is 102 cm³/mol. The molecule has 0 aliphatic carbocycles. The molecule has 0 amide bonds. The van der Waals surface area contributed by atoms with Gasteiger partial charge in [-0.2, -0.15) is 0 Å². The van der Waals surface area contributed by atoms with E-state index in [0.717, 1.165) is 0 Å². The maximum absolute atomic E-state index is 12.9. The van der Waals surface area contributed by atoms with Crippen LogP contribution in [0.25, 0.3) is 11.0 Å². The Hall–Kier alpha value is -3.07. The van der Waals surface area contributed by atoms with Crippen molar-refractivity contribution in [2.24, 2.45) is 0 Å². The molecule has 2 N–H and O–H groups in total. The molecule has 0 spiro atoms. The maximum atomic E-state index is 12.9. The van der Waals surface area contributed by atoms with Crippen LogP contribution >= 0.6 is 0 Å². The van der Waals surface area contributed by atoms with Crippen molar-refractivity contribution in [2.75, 3.05) is 29.8 Å². The molecule has 0 fully saturated rings. The third-order valence-electron chi connectivity index (χ3n) is 3.97. The van der Waals surface area contributed by atoms with Crippen LogP contribution < -0.4 is 19.5 Å². The quantitative estimate of drug-likeness (QED) is 0.695. The molecule has 4 rings (SSSR count). The Kier molecular flexibility index (Phi) is 4.44. The van der Waals surface area contributed by atoms with Crippen LogP contribution in [-0.4, -0.2) is 38.1 Å².